The van der Waals surface area contributed by atoms with Gasteiger partial charge >= 0.3 is 0 Å². The lowest BCUT2D eigenvalue weighted by atomic mass is 9.86. The van der Waals surface area contributed by atoms with Crippen LogP contribution in [-0.4, -0.2) is 51.2 Å². The van der Waals surface area contributed by atoms with Crippen LogP contribution in [0, 0.1) is 6.92 Å². The van der Waals surface area contributed by atoms with Gasteiger partial charge in [0.15, 0.2) is 0 Å². The van der Waals surface area contributed by atoms with E-state index in [1.54, 1.807) is 25.3 Å². The van der Waals surface area contributed by atoms with Gasteiger partial charge in [-0.15, -0.1) is 0 Å². The van der Waals surface area contributed by atoms with Gasteiger partial charge in [-0.05, 0) is 31.0 Å². The fourth-order valence-corrected chi connectivity index (χ4v) is 4.79. The standard InChI is InChI=1S/C15H21NO4S/c1-12-4-3-5-14(8-12)21(17,18)16-10-15(11-16)9-13(19-2)6-7-20-15/h3-5,8,13H,6-7,9-11H2,1-2H3. The maximum Gasteiger partial charge on any atom is 0.243 e. The lowest BCUT2D eigenvalue weighted by molar-refractivity contribution is -0.173. The molecule has 1 atom stereocenters. The molecule has 0 bridgehead atoms. The molecule has 0 aliphatic carbocycles. The summed E-state index contributed by atoms with van der Waals surface area (Å²) in [7, 11) is -1.71. The van der Waals surface area contributed by atoms with E-state index >= 15 is 0 Å². The molecule has 0 saturated carbocycles. The van der Waals surface area contributed by atoms with Crippen LogP contribution in [0.4, 0.5) is 0 Å². The Bertz CT molecular complexity index is 622. The van der Waals surface area contributed by atoms with E-state index in [9.17, 15) is 8.42 Å². The van der Waals surface area contributed by atoms with Crippen molar-refractivity contribution in [2.45, 2.75) is 36.4 Å². The summed E-state index contributed by atoms with van der Waals surface area (Å²) in [6.45, 7) is 3.37. The summed E-state index contributed by atoms with van der Waals surface area (Å²) in [5.74, 6) is 0. The van der Waals surface area contributed by atoms with E-state index in [2.05, 4.69) is 0 Å². The molecule has 2 aliphatic heterocycles. The predicted octanol–water partition coefficient (Wildman–Crippen LogP) is 1.56. The van der Waals surface area contributed by atoms with Gasteiger partial charge < -0.3 is 9.47 Å². The number of benzene rings is 1. The molecule has 116 valence electrons. The first kappa shape index (κ1) is 15.0. The van der Waals surface area contributed by atoms with E-state index in [4.69, 9.17) is 9.47 Å². The van der Waals surface area contributed by atoms with E-state index in [-0.39, 0.29) is 11.7 Å². The molecule has 1 aromatic rings. The molecule has 1 unspecified atom stereocenters. The number of hydrogen-bond acceptors (Lipinski definition) is 4. The Morgan fingerprint density at radius 1 is 1.38 bits per heavy atom. The largest absolute Gasteiger partial charge is 0.381 e. The zero-order chi connectivity index (χ0) is 15.1. The van der Waals surface area contributed by atoms with Crippen LogP contribution in [0.25, 0.3) is 0 Å². The second kappa shape index (κ2) is 5.35. The molecule has 6 heteroatoms. The smallest absolute Gasteiger partial charge is 0.243 e. The molecule has 2 heterocycles. The van der Waals surface area contributed by atoms with Gasteiger partial charge in [-0.1, -0.05) is 12.1 Å². The molecule has 2 saturated heterocycles. The lowest BCUT2D eigenvalue weighted by Gasteiger charge is -2.51. The average Bonchev–Trinajstić information content (AvgIpc) is 2.44. The van der Waals surface area contributed by atoms with Crippen molar-refractivity contribution in [3.05, 3.63) is 29.8 Å². The Labute approximate surface area is 125 Å². The van der Waals surface area contributed by atoms with Crippen molar-refractivity contribution < 1.29 is 17.9 Å². The van der Waals surface area contributed by atoms with E-state index in [1.165, 1.54) is 4.31 Å². The summed E-state index contributed by atoms with van der Waals surface area (Å²) < 4.78 is 37.9. The summed E-state index contributed by atoms with van der Waals surface area (Å²) in [5.41, 5.74) is 0.593. The van der Waals surface area contributed by atoms with Crippen LogP contribution in [-0.2, 0) is 19.5 Å². The van der Waals surface area contributed by atoms with Crippen molar-refractivity contribution in [1.82, 2.24) is 4.31 Å². The van der Waals surface area contributed by atoms with Crippen molar-refractivity contribution in [2.75, 3.05) is 26.8 Å². The zero-order valence-electron chi connectivity index (χ0n) is 12.4. The summed E-state index contributed by atoms with van der Waals surface area (Å²) >= 11 is 0. The summed E-state index contributed by atoms with van der Waals surface area (Å²) in [4.78, 5) is 0.358. The first-order valence-electron chi connectivity index (χ1n) is 7.19. The molecule has 0 N–H and O–H groups in total. The summed E-state index contributed by atoms with van der Waals surface area (Å²) in [6, 6.07) is 7.02. The summed E-state index contributed by atoms with van der Waals surface area (Å²) in [5, 5.41) is 0. The molecule has 1 aromatic carbocycles. The minimum absolute atomic E-state index is 0.169. The Morgan fingerprint density at radius 3 is 2.81 bits per heavy atom. The van der Waals surface area contributed by atoms with Crippen molar-refractivity contribution in [1.29, 1.82) is 0 Å². The number of hydrogen-bond donors (Lipinski definition) is 0. The molecule has 0 radical (unpaired) electrons. The van der Waals surface area contributed by atoms with Gasteiger partial charge in [0.2, 0.25) is 10.0 Å². The predicted molar refractivity (Wildman–Crippen MR) is 78.7 cm³/mol. The normalized spacial score (nSPS) is 25.7. The van der Waals surface area contributed by atoms with Crippen LogP contribution >= 0.6 is 0 Å². The van der Waals surface area contributed by atoms with Crippen molar-refractivity contribution in [3.63, 3.8) is 0 Å². The monoisotopic (exact) mass is 311 g/mol. The highest BCUT2D eigenvalue weighted by atomic mass is 32.2. The van der Waals surface area contributed by atoms with Crippen LogP contribution in [0.1, 0.15) is 18.4 Å². The third-order valence-corrected chi connectivity index (χ3v) is 6.13. The first-order chi connectivity index (χ1) is 9.95. The van der Waals surface area contributed by atoms with Crippen LogP contribution in [0.15, 0.2) is 29.2 Å². The van der Waals surface area contributed by atoms with Crippen LogP contribution < -0.4 is 0 Å². The van der Waals surface area contributed by atoms with Crippen LogP contribution in [0.5, 0.6) is 0 Å². The topological polar surface area (TPSA) is 55.8 Å². The number of sulfonamides is 1. The molecule has 1 spiro atoms. The van der Waals surface area contributed by atoms with E-state index in [1.807, 2.05) is 13.0 Å². The molecule has 2 aliphatic rings. The van der Waals surface area contributed by atoms with Gasteiger partial charge in [-0.25, -0.2) is 8.42 Å². The molecule has 0 amide bonds. The lowest BCUT2D eigenvalue weighted by Crippen LogP contribution is -2.67. The van der Waals surface area contributed by atoms with Crippen LogP contribution in [0.2, 0.25) is 0 Å². The van der Waals surface area contributed by atoms with Gasteiger partial charge in [0, 0.05) is 33.2 Å². The number of rotatable bonds is 3. The second-order valence-electron chi connectivity index (χ2n) is 5.97. The third-order valence-electron chi connectivity index (χ3n) is 4.34. The molecular formula is C15H21NO4S. The van der Waals surface area contributed by atoms with Gasteiger partial charge in [0.1, 0.15) is 0 Å². The third kappa shape index (κ3) is 2.73. The minimum Gasteiger partial charge on any atom is -0.381 e. The van der Waals surface area contributed by atoms with Crippen molar-refractivity contribution >= 4 is 10.0 Å². The maximum absolute atomic E-state index is 12.6. The maximum atomic E-state index is 12.6. The quantitative estimate of drug-likeness (QED) is 0.850. The number of methoxy groups -OCH3 is 1. The highest BCUT2D eigenvalue weighted by Gasteiger charge is 2.52. The Kier molecular flexibility index (Phi) is 3.81. The van der Waals surface area contributed by atoms with Gasteiger partial charge in [-0.2, -0.15) is 4.31 Å². The molecule has 21 heavy (non-hydrogen) atoms. The molecule has 3 rings (SSSR count). The SMILES string of the molecule is COC1CCOC2(C1)CN(S(=O)(=O)c1cccc(C)c1)C2. The highest BCUT2D eigenvalue weighted by Crippen LogP contribution is 2.38. The molecule has 2 fully saturated rings. The van der Waals surface area contributed by atoms with E-state index in [0.29, 0.717) is 24.6 Å². The van der Waals surface area contributed by atoms with Gasteiger partial charge in [0.05, 0.1) is 16.6 Å². The Morgan fingerprint density at radius 2 is 2.14 bits per heavy atom. The number of ether oxygens (including phenoxy) is 2. The molecule has 0 aromatic heterocycles. The fraction of sp³-hybridized carbons (Fsp3) is 0.600. The minimum atomic E-state index is -3.41. The molecular weight excluding hydrogens is 290 g/mol. The fourth-order valence-electron chi connectivity index (χ4n) is 3.10. The number of aryl methyl sites for hydroxylation is 1. The zero-order valence-corrected chi connectivity index (χ0v) is 13.2. The van der Waals surface area contributed by atoms with Gasteiger partial charge in [-0.3, -0.25) is 0 Å². The van der Waals surface area contributed by atoms with Crippen LogP contribution in [0.3, 0.4) is 0 Å². The molecule has 5 nitrogen and oxygen atoms in total. The van der Waals surface area contributed by atoms with Crippen molar-refractivity contribution in [2.24, 2.45) is 0 Å². The van der Waals surface area contributed by atoms with E-state index in [0.717, 1.165) is 18.4 Å². The number of nitrogens with zero attached hydrogens (tertiary/aromatic N) is 1. The Hall–Kier alpha value is -0.950. The Balaban J connectivity index is 1.73. The first-order valence-corrected chi connectivity index (χ1v) is 8.63. The average molecular weight is 311 g/mol. The highest BCUT2D eigenvalue weighted by molar-refractivity contribution is 7.89. The van der Waals surface area contributed by atoms with E-state index < -0.39 is 10.0 Å². The van der Waals surface area contributed by atoms with Gasteiger partial charge in [0.25, 0.3) is 0 Å². The van der Waals surface area contributed by atoms with Crippen molar-refractivity contribution in [3.8, 4) is 0 Å². The summed E-state index contributed by atoms with van der Waals surface area (Å²) in [6.07, 6.45) is 1.81. The second-order valence-corrected chi connectivity index (χ2v) is 7.91.